The fraction of sp³-hybridized carbons (Fsp3) is 0.167. The molecule has 0 aliphatic heterocycles. The standard InChI is InChI=1S/C18H16FN3O3/c1-24-16(23)9-10-25-13-7-5-12(6-8-13)22-18-14-3-2-4-15(19)17(14)20-11-21-18/h2-8,11H,9-10H2,1H3,(H,20,21,22). The van der Waals surface area contributed by atoms with E-state index in [9.17, 15) is 9.18 Å². The average molecular weight is 341 g/mol. The molecule has 1 N–H and O–H groups in total. The lowest BCUT2D eigenvalue weighted by molar-refractivity contribution is -0.141. The van der Waals surface area contributed by atoms with Crippen LogP contribution in [0.2, 0.25) is 0 Å². The zero-order chi connectivity index (χ0) is 17.6. The van der Waals surface area contributed by atoms with Crippen LogP contribution in [-0.4, -0.2) is 29.7 Å². The van der Waals surface area contributed by atoms with Crippen molar-refractivity contribution in [2.75, 3.05) is 19.0 Å². The average Bonchev–Trinajstić information content (AvgIpc) is 2.64. The van der Waals surface area contributed by atoms with Crippen molar-refractivity contribution < 1.29 is 18.7 Å². The third kappa shape index (κ3) is 4.00. The molecule has 0 spiro atoms. The Morgan fingerprint density at radius 3 is 2.72 bits per heavy atom. The van der Waals surface area contributed by atoms with Crippen LogP contribution < -0.4 is 10.1 Å². The number of fused-ring (bicyclic) bond motifs is 1. The van der Waals surface area contributed by atoms with Crippen molar-refractivity contribution in [3.8, 4) is 5.75 Å². The second-order valence-electron chi connectivity index (χ2n) is 5.18. The van der Waals surface area contributed by atoms with Gasteiger partial charge in [-0.2, -0.15) is 0 Å². The number of halogens is 1. The van der Waals surface area contributed by atoms with Gasteiger partial charge in [-0.3, -0.25) is 4.79 Å². The Hall–Kier alpha value is -3.22. The third-order valence-electron chi connectivity index (χ3n) is 3.54. The molecule has 0 aliphatic carbocycles. The molecule has 3 aromatic rings. The second kappa shape index (κ2) is 7.57. The van der Waals surface area contributed by atoms with Crippen molar-refractivity contribution in [1.29, 1.82) is 0 Å². The SMILES string of the molecule is COC(=O)CCOc1ccc(Nc2ncnc3c(F)cccc23)cc1. The molecule has 0 atom stereocenters. The molecule has 0 aliphatic rings. The van der Waals surface area contributed by atoms with Crippen LogP contribution in [0.15, 0.2) is 48.8 Å². The number of nitrogens with one attached hydrogen (secondary N) is 1. The van der Waals surface area contributed by atoms with Crippen molar-refractivity contribution in [2.24, 2.45) is 0 Å². The Morgan fingerprint density at radius 2 is 1.96 bits per heavy atom. The van der Waals surface area contributed by atoms with Gasteiger partial charge in [-0.15, -0.1) is 0 Å². The van der Waals surface area contributed by atoms with Gasteiger partial charge in [0.05, 0.1) is 20.1 Å². The van der Waals surface area contributed by atoms with Gasteiger partial charge in [-0.25, -0.2) is 14.4 Å². The van der Waals surface area contributed by atoms with E-state index in [2.05, 4.69) is 20.0 Å². The molecule has 3 rings (SSSR count). The van der Waals surface area contributed by atoms with E-state index in [4.69, 9.17) is 4.74 Å². The van der Waals surface area contributed by atoms with Crippen LogP contribution in [0.25, 0.3) is 10.9 Å². The number of benzene rings is 2. The van der Waals surface area contributed by atoms with Crippen LogP contribution in [0.5, 0.6) is 5.75 Å². The molecule has 2 aromatic carbocycles. The highest BCUT2D eigenvalue weighted by atomic mass is 19.1. The zero-order valence-corrected chi connectivity index (χ0v) is 13.5. The minimum Gasteiger partial charge on any atom is -0.493 e. The van der Waals surface area contributed by atoms with Crippen LogP contribution in [0.4, 0.5) is 15.9 Å². The number of esters is 1. The van der Waals surface area contributed by atoms with E-state index >= 15 is 0 Å². The summed E-state index contributed by atoms with van der Waals surface area (Å²) in [5, 5.41) is 3.74. The number of carbonyl (C=O) groups is 1. The summed E-state index contributed by atoms with van der Waals surface area (Å²) in [4.78, 5) is 19.2. The molecule has 0 saturated heterocycles. The van der Waals surface area contributed by atoms with Gasteiger partial charge >= 0.3 is 5.97 Å². The van der Waals surface area contributed by atoms with Crippen molar-refractivity contribution >= 4 is 28.4 Å². The van der Waals surface area contributed by atoms with Crippen LogP contribution in [0.3, 0.4) is 0 Å². The predicted octanol–water partition coefficient (Wildman–Crippen LogP) is 3.45. The number of nitrogens with zero attached hydrogens (tertiary/aromatic N) is 2. The topological polar surface area (TPSA) is 73.3 Å². The van der Waals surface area contributed by atoms with Gasteiger partial charge in [0.1, 0.15) is 29.2 Å². The Balaban J connectivity index is 1.70. The normalized spacial score (nSPS) is 10.5. The van der Waals surface area contributed by atoms with E-state index in [1.54, 1.807) is 36.4 Å². The van der Waals surface area contributed by atoms with E-state index < -0.39 is 5.82 Å². The summed E-state index contributed by atoms with van der Waals surface area (Å²) in [5.74, 6) is 0.440. The van der Waals surface area contributed by atoms with E-state index in [0.29, 0.717) is 17.0 Å². The van der Waals surface area contributed by atoms with Crippen molar-refractivity contribution in [3.05, 3.63) is 54.6 Å². The molecule has 1 heterocycles. The fourth-order valence-electron chi connectivity index (χ4n) is 2.28. The maximum Gasteiger partial charge on any atom is 0.308 e. The first-order valence-electron chi connectivity index (χ1n) is 7.63. The van der Waals surface area contributed by atoms with Crippen molar-refractivity contribution in [1.82, 2.24) is 9.97 Å². The molecule has 128 valence electrons. The summed E-state index contributed by atoms with van der Waals surface area (Å²) in [6, 6.07) is 11.9. The molecule has 0 radical (unpaired) electrons. The minimum absolute atomic E-state index is 0.189. The quantitative estimate of drug-likeness (QED) is 0.692. The highest BCUT2D eigenvalue weighted by Gasteiger charge is 2.08. The molecule has 0 bridgehead atoms. The number of carbonyl (C=O) groups excluding carboxylic acids is 1. The Bertz CT molecular complexity index is 884. The van der Waals surface area contributed by atoms with Gasteiger partial charge in [-0.1, -0.05) is 6.07 Å². The number of rotatable bonds is 6. The third-order valence-corrected chi connectivity index (χ3v) is 3.54. The lowest BCUT2D eigenvalue weighted by Gasteiger charge is -2.10. The van der Waals surface area contributed by atoms with E-state index in [1.165, 1.54) is 19.5 Å². The second-order valence-corrected chi connectivity index (χ2v) is 5.18. The van der Waals surface area contributed by atoms with Crippen LogP contribution in [0, 0.1) is 5.82 Å². The zero-order valence-electron chi connectivity index (χ0n) is 13.5. The summed E-state index contributed by atoms with van der Waals surface area (Å²) in [6.45, 7) is 0.245. The van der Waals surface area contributed by atoms with Gasteiger partial charge in [0.15, 0.2) is 0 Å². The molecular formula is C18H16FN3O3. The van der Waals surface area contributed by atoms with E-state index in [-0.39, 0.29) is 24.5 Å². The highest BCUT2D eigenvalue weighted by molar-refractivity contribution is 5.90. The minimum atomic E-state index is -0.391. The molecule has 0 amide bonds. The summed E-state index contributed by atoms with van der Waals surface area (Å²) in [6.07, 6.45) is 1.51. The van der Waals surface area contributed by atoms with Gasteiger partial charge in [0, 0.05) is 11.1 Å². The molecule has 6 nitrogen and oxygen atoms in total. The van der Waals surface area contributed by atoms with Gasteiger partial charge in [-0.05, 0) is 36.4 Å². The largest absolute Gasteiger partial charge is 0.493 e. The number of hydrogen-bond donors (Lipinski definition) is 1. The maximum atomic E-state index is 13.8. The molecule has 7 heteroatoms. The fourth-order valence-corrected chi connectivity index (χ4v) is 2.28. The number of methoxy groups -OCH3 is 1. The first-order valence-corrected chi connectivity index (χ1v) is 7.63. The molecule has 0 saturated carbocycles. The summed E-state index contributed by atoms with van der Waals surface area (Å²) >= 11 is 0. The summed E-state index contributed by atoms with van der Waals surface area (Å²) in [5.41, 5.74) is 1.03. The first kappa shape index (κ1) is 16.6. The molecule has 1 aromatic heterocycles. The number of anilines is 2. The number of ether oxygens (including phenoxy) is 2. The van der Waals surface area contributed by atoms with Gasteiger partial charge in [0.2, 0.25) is 0 Å². The lowest BCUT2D eigenvalue weighted by Crippen LogP contribution is -2.07. The maximum absolute atomic E-state index is 13.8. The van der Waals surface area contributed by atoms with E-state index in [1.807, 2.05) is 0 Å². The molecular weight excluding hydrogens is 325 g/mol. The van der Waals surface area contributed by atoms with Gasteiger partial charge in [0.25, 0.3) is 0 Å². The monoisotopic (exact) mass is 341 g/mol. The number of para-hydroxylation sites is 1. The summed E-state index contributed by atoms with van der Waals surface area (Å²) < 4.78 is 23.8. The number of aromatic nitrogens is 2. The molecule has 25 heavy (non-hydrogen) atoms. The number of hydrogen-bond acceptors (Lipinski definition) is 6. The Morgan fingerprint density at radius 1 is 1.16 bits per heavy atom. The highest BCUT2D eigenvalue weighted by Crippen LogP contribution is 2.25. The summed E-state index contributed by atoms with van der Waals surface area (Å²) in [7, 11) is 1.34. The molecule has 0 fully saturated rings. The lowest BCUT2D eigenvalue weighted by atomic mass is 10.2. The van der Waals surface area contributed by atoms with Crippen molar-refractivity contribution in [3.63, 3.8) is 0 Å². The predicted molar refractivity (Wildman–Crippen MR) is 91.3 cm³/mol. The van der Waals surface area contributed by atoms with Gasteiger partial charge < -0.3 is 14.8 Å². The van der Waals surface area contributed by atoms with Crippen LogP contribution >= 0.6 is 0 Å². The van der Waals surface area contributed by atoms with Crippen LogP contribution in [0.1, 0.15) is 6.42 Å². The van der Waals surface area contributed by atoms with E-state index in [0.717, 1.165) is 5.69 Å². The first-order chi connectivity index (χ1) is 12.2. The smallest absolute Gasteiger partial charge is 0.308 e. The van der Waals surface area contributed by atoms with Crippen LogP contribution in [-0.2, 0) is 9.53 Å². The molecule has 0 unspecified atom stereocenters. The Labute approximate surface area is 143 Å². The Kier molecular flexibility index (Phi) is 5.03. The van der Waals surface area contributed by atoms with Crippen molar-refractivity contribution in [2.45, 2.75) is 6.42 Å².